The molecule has 0 saturated heterocycles. The molecule has 0 N–H and O–H groups in total. The Bertz CT molecular complexity index is 2840. The first-order valence-corrected chi connectivity index (χ1v) is 18.5. The van der Waals surface area contributed by atoms with E-state index in [0.717, 1.165) is 0 Å². The Morgan fingerprint density at radius 2 is 0.558 bits per heavy atom. The molecule has 0 fully saturated rings. The van der Waals surface area contributed by atoms with Gasteiger partial charge in [0.15, 0.2) is 0 Å². The summed E-state index contributed by atoms with van der Waals surface area (Å²) in [6.07, 6.45) is 0. The lowest BCUT2D eigenvalue weighted by Crippen LogP contribution is -2.10. The van der Waals surface area contributed by atoms with E-state index in [0.29, 0.717) is 0 Å². The molecule has 52 heavy (non-hydrogen) atoms. The summed E-state index contributed by atoms with van der Waals surface area (Å²) >= 11 is 0. The van der Waals surface area contributed by atoms with Crippen LogP contribution in [0.25, 0.3) is 87.3 Å². The molecule has 0 atom stereocenters. The van der Waals surface area contributed by atoms with Gasteiger partial charge in [0.25, 0.3) is 0 Å². The molecule has 0 unspecified atom stereocenters. The second-order valence-electron chi connectivity index (χ2n) is 16.6. The van der Waals surface area contributed by atoms with Crippen molar-refractivity contribution in [3.63, 3.8) is 0 Å². The van der Waals surface area contributed by atoms with E-state index in [1.807, 2.05) is 0 Å². The third kappa shape index (κ3) is 4.30. The van der Waals surface area contributed by atoms with Crippen LogP contribution in [0, 0.1) is 0 Å². The highest BCUT2D eigenvalue weighted by molar-refractivity contribution is 6.39. The highest BCUT2D eigenvalue weighted by Gasteiger charge is 2.28. The van der Waals surface area contributed by atoms with Crippen molar-refractivity contribution in [2.45, 2.75) is 52.4 Å². The number of hydrogen-bond acceptors (Lipinski definition) is 0. The summed E-state index contributed by atoms with van der Waals surface area (Å²) in [5.41, 5.74) is 10.1. The van der Waals surface area contributed by atoms with Gasteiger partial charge in [-0.15, -0.1) is 0 Å². The van der Waals surface area contributed by atoms with Crippen molar-refractivity contribution in [1.29, 1.82) is 0 Å². The Morgan fingerprint density at radius 3 is 0.865 bits per heavy atom. The predicted molar refractivity (Wildman–Crippen MR) is 225 cm³/mol. The smallest absolute Gasteiger partial charge is 0.0810 e. The minimum atomic E-state index is 0.0554. The molecular formula is C50H42N2. The molecule has 8 aromatic carbocycles. The Kier molecular flexibility index (Phi) is 6.44. The summed E-state index contributed by atoms with van der Waals surface area (Å²) in [6.45, 7) is 13.8. The molecule has 0 amide bonds. The minimum absolute atomic E-state index is 0.0554. The Hall–Kier alpha value is -5.86. The van der Waals surface area contributed by atoms with Crippen molar-refractivity contribution in [2.75, 3.05) is 0 Å². The highest BCUT2D eigenvalue weighted by Crippen LogP contribution is 2.50. The zero-order chi connectivity index (χ0) is 35.5. The molecule has 0 aliphatic carbocycles. The summed E-state index contributed by atoms with van der Waals surface area (Å²) in [6, 6.07) is 54.7. The largest absolute Gasteiger partial charge is 0.306 e. The molecule has 0 bridgehead atoms. The highest BCUT2D eigenvalue weighted by atomic mass is 15.1. The van der Waals surface area contributed by atoms with Crippen LogP contribution >= 0.6 is 0 Å². The van der Waals surface area contributed by atoms with Gasteiger partial charge in [0.2, 0.25) is 0 Å². The van der Waals surface area contributed by atoms with Gasteiger partial charge < -0.3 is 9.13 Å². The SMILES string of the molecule is CC(C)(C)c1ccc(-n2c3c4ccccc4c4ccccc4c3c3c2c2c4ccccc4c4ccccc4c2n3-c2ccc(C(C)(C)C)cc2)cc1. The Balaban J connectivity index is 1.54. The van der Waals surface area contributed by atoms with Crippen molar-refractivity contribution in [3.8, 4) is 11.4 Å². The number of nitrogens with zero attached hydrogens (tertiary/aromatic N) is 2. The molecule has 0 aliphatic rings. The number of hydrogen-bond donors (Lipinski definition) is 0. The molecule has 2 aromatic heterocycles. The van der Waals surface area contributed by atoms with Crippen molar-refractivity contribution >= 4 is 75.9 Å². The van der Waals surface area contributed by atoms with Gasteiger partial charge in [0.05, 0.1) is 22.1 Å². The summed E-state index contributed by atoms with van der Waals surface area (Å²) in [4.78, 5) is 0. The third-order valence-corrected chi connectivity index (χ3v) is 11.4. The molecule has 0 radical (unpaired) electrons. The minimum Gasteiger partial charge on any atom is -0.306 e. The average Bonchev–Trinajstić information content (AvgIpc) is 3.68. The van der Waals surface area contributed by atoms with Gasteiger partial charge >= 0.3 is 0 Å². The van der Waals surface area contributed by atoms with Crippen LogP contribution in [0.15, 0.2) is 146 Å². The van der Waals surface area contributed by atoms with E-state index in [2.05, 4.69) is 196 Å². The lowest BCUT2D eigenvalue weighted by Gasteiger charge is -2.20. The molecule has 0 saturated carbocycles. The molecule has 0 spiro atoms. The average molecular weight is 671 g/mol. The molecule has 2 heterocycles. The van der Waals surface area contributed by atoms with Gasteiger partial charge in [-0.3, -0.25) is 0 Å². The summed E-state index contributed by atoms with van der Waals surface area (Å²) in [5.74, 6) is 0. The Labute approximate surface area is 304 Å². The standard InChI is InChI=1S/C50H42N2/c1-49(2,3)31-23-27-33(28-24-31)51-45-41-21-13-9-17-37(41)35-15-7-11-19-39(35)43(45)48-47(51)44-40-20-12-8-16-36(40)38-18-10-14-22-42(38)46(44)52(48)34-29-25-32(26-30-34)50(4,5)6/h7-30H,1-6H3. The summed E-state index contributed by atoms with van der Waals surface area (Å²) < 4.78 is 5.19. The summed E-state index contributed by atoms with van der Waals surface area (Å²) in [5, 5.41) is 12.8. The van der Waals surface area contributed by atoms with Crippen LogP contribution in [0.1, 0.15) is 52.7 Å². The van der Waals surface area contributed by atoms with Gasteiger partial charge in [0.1, 0.15) is 0 Å². The van der Waals surface area contributed by atoms with Crippen LogP contribution in [-0.4, -0.2) is 9.13 Å². The van der Waals surface area contributed by atoms with Crippen LogP contribution in [-0.2, 0) is 10.8 Å². The van der Waals surface area contributed by atoms with Crippen LogP contribution in [0.4, 0.5) is 0 Å². The van der Waals surface area contributed by atoms with E-state index in [1.54, 1.807) is 0 Å². The predicted octanol–water partition coefficient (Wildman–Crippen LogP) is 13.9. The van der Waals surface area contributed by atoms with Crippen LogP contribution in [0.5, 0.6) is 0 Å². The topological polar surface area (TPSA) is 9.86 Å². The zero-order valence-electron chi connectivity index (χ0n) is 30.8. The number of aromatic nitrogens is 2. The monoisotopic (exact) mass is 670 g/mol. The number of benzene rings is 8. The molecule has 10 aromatic rings. The van der Waals surface area contributed by atoms with Gasteiger partial charge in [0, 0.05) is 32.9 Å². The first kappa shape index (κ1) is 30.9. The molecule has 2 heteroatoms. The first-order valence-electron chi connectivity index (χ1n) is 18.5. The zero-order valence-corrected chi connectivity index (χ0v) is 30.8. The van der Waals surface area contributed by atoms with E-state index in [9.17, 15) is 0 Å². The molecular weight excluding hydrogens is 629 g/mol. The maximum Gasteiger partial charge on any atom is 0.0810 e. The number of rotatable bonds is 2. The fourth-order valence-electron chi connectivity index (χ4n) is 8.82. The number of fused-ring (bicyclic) bond motifs is 15. The van der Waals surface area contributed by atoms with Gasteiger partial charge in [-0.05, 0) is 78.5 Å². The Morgan fingerprint density at radius 1 is 0.288 bits per heavy atom. The van der Waals surface area contributed by atoms with E-state index >= 15 is 0 Å². The van der Waals surface area contributed by atoms with Crippen molar-refractivity contribution in [2.24, 2.45) is 0 Å². The van der Waals surface area contributed by atoms with Crippen LogP contribution < -0.4 is 0 Å². The van der Waals surface area contributed by atoms with Gasteiger partial charge in [-0.2, -0.15) is 0 Å². The van der Waals surface area contributed by atoms with Crippen molar-refractivity contribution < 1.29 is 0 Å². The summed E-state index contributed by atoms with van der Waals surface area (Å²) in [7, 11) is 0. The molecule has 10 rings (SSSR count). The van der Waals surface area contributed by atoms with E-state index < -0.39 is 0 Å². The fraction of sp³-hybridized carbons (Fsp3) is 0.160. The molecule has 2 nitrogen and oxygen atoms in total. The van der Waals surface area contributed by atoms with E-state index in [-0.39, 0.29) is 10.8 Å². The lowest BCUT2D eigenvalue weighted by atomic mass is 9.87. The van der Waals surface area contributed by atoms with Crippen LogP contribution in [0.2, 0.25) is 0 Å². The van der Waals surface area contributed by atoms with Gasteiger partial charge in [-0.25, -0.2) is 0 Å². The van der Waals surface area contributed by atoms with Crippen molar-refractivity contribution in [3.05, 3.63) is 157 Å². The van der Waals surface area contributed by atoms with Crippen LogP contribution in [0.3, 0.4) is 0 Å². The van der Waals surface area contributed by atoms with E-state index in [1.165, 1.54) is 98.4 Å². The van der Waals surface area contributed by atoms with Crippen molar-refractivity contribution in [1.82, 2.24) is 9.13 Å². The second kappa shape index (κ2) is 10.8. The van der Waals surface area contributed by atoms with Gasteiger partial charge in [-0.1, -0.05) is 163 Å². The molecule has 252 valence electrons. The lowest BCUT2D eigenvalue weighted by molar-refractivity contribution is 0.590. The maximum atomic E-state index is 2.59. The van der Waals surface area contributed by atoms with E-state index in [4.69, 9.17) is 0 Å². The maximum absolute atomic E-state index is 2.59. The second-order valence-corrected chi connectivity index (χ2v) is 16.6. The fourth-order valence-corrected chi connectivity index (χ4v) is 8.82. The normalized spacial score (nSPS) is 12.8. The quantitative estimate of drug-likeness (QED) is 0.162. The third-order valence-electron chi connectivity index (χ3n) is 11.4. The molecule has 0 aliphatic heterocycles. The first-order chi connectivity index (χ1) is 25.1.